The highest BCUT2D eigenvalue weighted by Gasteiger charge is 2.47. The van der Waals surface area contributed by atoms with Crippen molar-refractivity contribution in [1.29, 1.82) is 0 Å². The van der Waals surface area contributed by atoms with Crippen LogP contribution in [0.5, 0.6) is 0 Å². The predicted octanol–water partition coefficient (Wildman–Crippen LogP) is 4.75. The maximum Gasteiger partial charge on any atom is 0.415 e. The molecule has 0 bridgehead atoms. The Morgan fingerprint density at radius 1 is 1.26 bits per heavy atom. The molecular weight excluding hydrogens is 465 g/mol. The largest absolute Gasteiger partial charge is 0.478 e. The lowest BCUT2D eigenvalue weighted by Gasteiger charge is -2.37. The van der Waals surface area contributed by atoms with Gasteiger partial charge in [0.05, 0.1) is 24.0 Å². The number of ether oxygens (including phenoxy) is 1. The van der Waals surface area contributed by atoms with Crippen LogP contribution in [0.2, 0.25) is 0 Å². The second-order valence-electron chi connectivity index (χ2n) is 8.42. The van der Waals surface area contributed by atoms with E-state index in [1.807, 2.05) is 0 Å². The van der Waals surface area contributed by atoms with Gasteiger partial charge in [0.25, 0.3) is 0 Å². The van der Waals surface area contributed by atoms with Crippen LogP contribution < -0.4 is 4.90 Å². The van der Waals surface area contributed by atoms with E-state index in [1.54, 1.807) is 12.1 Å². The molecular formula is C24H23F3N4O4. The number of hydrogen-bond acceptors (Lipinski definition) is 5. The van der Waals surface area contributed by atoms with Gasteiger partial charge in [-0.15, -0.1) is 0 Å². The first kappa shape index (κ1) is 24.3. The number of rotatable bonds is 7. The molecule has 2 N–H and O–H groups in total. The van der Waals surface area contributed by atoms with E-state index in [0.29, 0.717) is 50.3 Å². The van der Waals surface area contributed by atoms with Crippen molar-refractivity contribution < 1.29 is 32.6 Å². The minimum absolute atomic E-state index is 0.126. The van der Waals surface area contributed by atoms with Gasteiger partial charge in [0.1, 0.15) is 11.9 Å². The van der Waals surface area contributed by atoms with Crippen LogP contribution >= 0.6 is 0 Å². The molecule has 2 aliphatic rings. The number of carbonyl (C=O) groups is 2. The molecule has 0 aliphatic carbocycles. The average molecular weight is 488 g/mol. The van der Waals surface area contributed by atoms with Crippen LogP contribution in [-0.2, 0) is 11.3 Å². The zero-order valence-electron chi connectivity index (χ0n) is 18.6. The smallest absolute Gasteiger partial charge is 0.415 e. The summed E-state index contributed by atoms with van der Waals surface area (Å²) in [4.78, 5) is 27.2. The van der Waals surface area contributed by atoms with Crippen LogP contribution in [0.4, 0.5) is 23.7 Å². The molecule has 1 aromatic carbocycles. The Morgan fingerprint density at radius 2 is 1.94 bits per heavy atom. The van der Waals surface area contributed by atoms with Crippen molar-refractivity contribution in [3.8, 4) is 0 Å². The van der Waals surface area contributed by atoms with Crippen molar-refractivity contribution in [3.05, 3.63) is 77.9 Å². The van der Waals surface area contributed by atoms with E-state index in [-0.39, 0.29) is 16.8 Å². The normalized spacial score (nSPS) is 19.0. The monoisotopic (exact) mass is 488 g/mol. The van der Waals surface area contributed by atoms with Gasteiger partial charge in [0, 0.05) is 49.3 Å². The van der Waals surface area contributed by atoms with Crippen LogP contribution in [0.1, 0.15) is 34.5 Å². The summed E-state index contributed by atoms with van der Waals surface area (Å²) in [6.07, 6.45) is 2.74. The molecule has 1 amide bonds. The first-order valence-electron chi connectivity index (χ1n) is 10.8. The molecule has 0 atom stereocenters. The number of carbonyl (C=O) groups excluding carboxylic acids is 1. The van der Waals surface area contributed by atoms with Crippen molar-refractivity contribution in [2.45, 2.75) is 25.0 Å². The lowest BCUT2D eigenvalue weighted by Crippen LogP contribution is -2.46. The summed E-state index contributed by atoms with van der Waals surface area (Å²) < 4.78 is 45.9. The number of anilines is 1. The molecule has 2 aliphatic heterocycles. The van der Waals surface area contributed by atoms with E-state index in [2.05, 4.69) is 21.7 Å². The number of carboxylic acids is 1. The third kappa shape index (κ3) is 4.85. The second kappa shape index (κ2) is 9.79. The molecule has 0 saturated carbocycles. The van der Waals surface area contributed by atoms with E-state index in [0.717, 1.165) is 6.08 Å². The molecule has 3 heterocycles. The maximum atomic E-state index is 14.2. The van der Waals surface area contributed by atoms with Crippen molar-refractivity contribution in [2.75, 3.05) is 24.5 Å². The zero-order valence-corrected chi connectivity index (χ0v) is 18.6. The number of hydrogen-bond donors (Lipinski definition) is 2. The first-order valence-corrected chi connectivity index (χ1v) is 10.8. The molecule has 8 nitrogen and oxygen atoms in total. The molecule has 35 heavy (non-hydrogen) atoms. The SMILES string of the molecule is C=C/C(=C(F)\C(F)=C\F)c1[nH]ncc1CN1CCC2(CC1)CN(c1ccc(C(=O)O)cc1)C(=O)O2. The predicted molar refractivity (Wildman–Crippen MR) is 122 cm³/mol. The van der Waals surface area contributed by atoms with Gasteiger partial charge in [-0.2, -0.15) is 5.10 Å². The molecule has 1 spiro atoms. The molecule has 2 aromatic rings. The Morgan fingerprint density at radius 3 is 2.54 bits per heavy atom. The number of likely N-dealkylation sites (tertiary alicyclic amines) is 1. The maximum absolute atomic E-state index is 14.2. The van der Waals surface area contributed by atoms with E-state index in [4.69, 9.17) is 9.84 Å². The van der Waals surface area contributed by atoms with Crippen LogP contribution in [0.3, 0.4) is 0 Å². The van der Waals surface area contributed by atoms with Crippen molar-refractivity contribution >= 4 is 23.3 Å². The number of allylic oxidation sites excluding steroid dienone is 4. The van der Waals surface area contributed by atoms with E-state index < -0.39 is 35.6 Å². The number of halogens is 3. The van der Waals surface area contributed by atoms with Crippen LogP contribution in [0, 0.1) is 0 Å². The van der Waals surface area contributed by atoms with E-state index in [1.165, 1.54) is 23.2 Å². The van der Waals surface area contributed by atoms with Gasteiger partial charge < -0.3 is 9.84 Å². The van der Waals surface area contributed by atoms with Gasteiger partial charge in [-0.05, 0) is 24.3 Å². The van der Waals surface area contributed by atoms with Crippen LogP contribution in [0.25, 0.3) is 5.57 Å². The van der Waals surface area contributed by atoms with Gasteiger partial charge >= 0.3 is 12.1 Å². The fraction of sp³-hybridized carbons (Fsp3) is 0.292. The number of amides is 1. The summed E-state index contributed by atoms with van der Waals surface area (Å²) in [5, 5.41) is 15.6. The molecule has 11 heteroatoms. The summed E-state index contributed by atoms with van der Waals surface area (Å²) in [6.45, 7) is 5.32. The third-order valence-corrected chi connectivity index (χ3v) is 6.29. The van der Waals surface area contributed by atoms with Crippen molar-refractivity contribution in [1.82, 2.24) is 15.1 Å². The lowest BCUT2D eigenvalue weighted by molar-refractivity contribution is -0.000988. The number of nitrogens with one attached hydrogen (secondary N) is 1. The zero-order chi connectivity index (χ0) is 25.2. The summed E-state index contributed by atoms with van der Waals surface area (Å²) in [7, 11) is 0. The standard InChI is InChI=1S/C24H23F3N4O4/c1-2-18(20(27)19(26)11-25)21-16(12-28-29-21)13-30-9-7-24(8-10-30)14-31(23(34)35-24)17-5-3-15(4-6-17)22(32)33/h2-6,11-12H,1,7-10,13-14H2,(H,28,29)(H,32,33)/b19-11-,20-18-. The Kier molecular flexibility index (Phi) is 6.79. The average Bonchev–Trinajstić information content (AvgIpc) is 3.44. The molecule has 0 unspecified atom stereocenters. The molecule has 1 aromatic heterocycles. The third-order valence-electron chi connectivity index (χ3n) is 6.29. The number of aromatic amines is 1. The Hall–Kier alpha value is -3.86. The second-order valence-corrected chi connectivity index (χ2v) is 8.42. The Bertz CT molecular complexity index is 1200. The first-order chi connectivity index (χ1) is 16.8. The molecule has 2 saturated heterocycles. The number of H-pyrrole nitrogens is 1. The topological polar surface area (TPSA) is 98.8 Å². The highest BCUT2D eigenvalue weighted by atomic mass is 19.2. The molecule has 184 valence electrons. The summed E-state index contributed by atoms with van der Waals surface area (Å²) in [6, 6.07) is 6.02. The van der Waals surface area contributed by atoms with Gasteiger partial charge in [0.2, 0.25) is 0 Å². The minimum Gasteiger partial charge on any atom is -0.478 e. The Labute approximate surface area is 199 Å². The van der Waals surface area contributed by atoms with E-state index in [9.17, 15) is 22.8 Å². The Balaban J connectivity index is 1.42. The van der Waals surface area contributed by atoms with Crippen LogP contribution in [0.15, 0.2) is 61.1 Å². The van der Waals surface area contributed by atoms with Crippen LogP contribution in [-0.4, -0.2) is 57.5 Å². The number of aromatic carboxylic acids is 1. The lowest BCUT2D eigenvalue weighted by atomic mass is 9.91. The molecule has 4 rings (SSSR count). The summed E-state index contributed by atoms with van der Waals surface area (Å²) in [5.41, 5.74) is 0.570. The van der Waals surface area contributed by atoms with Gasteiger partial charge in [-0.1, -0.05) is 12.7 Å². The highest BCUT2D eigenvalue weighted by molar-refractivity contribution is 5.92. The quantitative estimate of drug-likeness (QED) is 0.546. The highest BCUT2D eigenvalue weighted by Crippen LogP contribution is 2.36. The van der Waals surface area contributed by atoms with Crippen molar-refractivity contribution in [2.24, 2.45) is 0 Å². The van der Waals surface area contributed by atoms with Crippen molar-refractivity contribution in [3.63, 3.8) is 0 Å². The number of piperidine rings is 1. The fourth-order valence-electron chi connectivity index (χ4n) is 4.37. The molecule has 0 radical (unpaired) electrons. The number of aromatic nitrogens is 2. The number of nitrogens with zero attached hydrogens (tertiary/aromatic N) is 3. The number of benzene rings is 1. The fourth-order valence-corrected chi connectivity index (χ4v) is 4.37. The minimum atomic E-state index is -1.63. The molecule has 2 fully saturated rings. The van der Waals surface area contributed by atoms with Gasteiger partial charge in [0.15, 0.2) is 11.7 Å². The number of carboxylic acid groups (broad SMARTS) is 1. The summed E-state index contributed by atoms with van der Waals surface area (Å²) >= 11 is 0. The van der Waals surface area contributed by atoms with Gasteiger partial charge in [-0.25, -0.2) is 22.8 Å². The van der Waals surface area contributed by atoms with E-state index >= 15 is 0 Å². The van der Waals surface area contributed by atoms with Gasteiger partial charge in [-0.3, -0.25) is 14.9 Å². The summed E-state index contributed by atoms with van der Waals surface area (Å²) in [5.74, 6) is -4.06.